The van der Waals surface area contributed by atoms with E-state index in [2.05, 4.69) is 45.6 Å². The number of likely N-dealkylation sites (N-methyl/N-ethyl adjacent to an activating group) is 1. The van der Waals surface area contributed by atoms with Gasteiger partial charge in [-0.3, -0.25) is 38.5 Å². The normalized spacial score (nSPS) is 11.3. The molecule has 5 N–H and O–H groups in total. The third kappa shape index (κ3) is 18.7. The van der Waals surface area contributed by atoms with Gasteiger partial charge in [-0.15, -0.1) is 0 Å². The van der Waals surface area contributed by atoms with Crippen LogP contribution in [-0.2, 0) is 33.6 Å². The summed E-state index contributed by atoms with van der Waals surface area (Å²) < 4.78 is 0. The van der Waals surface area contributed by atoms with Gasteiger partial charge in [0.2, 0.25) is 29.5 Å². The lowest BCUT2D eigenvalue weighted by atomic mass is 10.2. The van der Waals surface area contributed by atoms with E-state index in [1.807, 2.05) is 32.0 Å². The van der Waals surface area contributed by atoms with Crippen LogP contribution in [-0.4, -0.2) is 85.5 Å². The van der Waals surface area contributed by atoms with Crippen molar-refractivity contribution >= 4 is 41.4 Å². The van der Waals surface area contributed by atoms with Gasteiger partial charge in [0.05, 0.1) is 26.2 Å². The molecule has 7 amide bonds. The van der Waals surface area contributed by atoms with Crippen LogP contribution in [0.15, 0.2) is 42.5 Å². The molecule has 13 nitrogen and oxygen atoms in total. The smallest absolute Gasteiger partial charge is 0.253 e. The van der Waals surface area contributed by atoms with Crippen molar-refractivity contribution in [3.8, 4) is 0 Å². The van der Waals surface area contributed by atoms with Crippen LogP contribution in [0.5, 0.6) is 0 Å². The minimum absolute atomic E-state index is 0. The van der Waals surface area contributed by atoms with Crippen LogP contribution >= 0.6 is 0 Å². The fourth-order valence-corrected chi connectivity index (χ4v) is 3.17. The Morgan fingerprint density at radius 2 is 1.07 bits per heavy atom. The summed E-state index contributed by atoms with van der Waals surface area (Å²) in [6, 6.07) is 10.3. The number of carbonyl (C=O) groups excluding carboxylic acids is 7. The summed E-state index contributed by atoms with van der Waals surface area (Å²) in [5.41, 5.74) is 1.32. The molecule has 1 aliphatic heterocycles. The molecule has 0 bridgehead atoms. The third-order valence-electron chi connectivity index (χ3n) is 5.28. The Kier molecular flexibility index (Phi) is 20.7. The van der Waals surface area contributed by atoms with Gasteiger partial charge in [0.15, 0.2) is 0 Å². The summed E-state index contributed by atoms with van der Waals surface area (Å²) in [6.45, 7) is 7.34. The van der Waals surface area contributed by atoms with Gasteiger partial charge < -0.3 is 26.6 Å². The summed E-state index contributed by atoms with van der Waals surface area (Å²) >= 11 is 0. The maximum Gasteiger partial charge on any atom is 0.253 e. The van der Waals surface area contributed by atoms with Crippen molar-refractivity contribution in [1.82, 2.24) is 31.5 Å². The minimum Gasteiger partial charge on any atom is -0.355 e. The van der Waals surface area contributed by atoms with Crippen molar-refractivity contribution in [3.63, 3.8) is 0 Å². The van der Waals surface area contributed by atoms with E-state index in [0.29, 0.717) is 32.4 Å². The molecular formula is C29H54N6O7. The van der Waals surface area contributed by atoms with E-state index in [1.165, 1.54) is 17.7 Å². The maximum absolute atomic E-state index is 11.8. The number of benzene rings is 1. The average molecular weight is 599 g/mol. The lowest BCUT2D eigenvalue weighted by Crippen LogP contribution is -2.45. The van der Waals surface area contributed by atoms with Gasteiger partial charge in [0.25, 0.3) is 11.8 Å². The fourth-order valence-electron chi connectivity index (χ4n) is 3.17. The van der Waals surface area contributed by atoms with E-state index in [9.17, 15) is 33.6 Å². The molecule has 0 saturated heterocycles. The molecule has 242 valence electrons. The van der Waals surface area contributed by atoms with Gasteiger partial charge >= 0.3 is 0 Å². The molecule has 0 radical (unpaired) electrons. The second-order valence-corrected chi connectivity index (χ2v) is 8.69. The summed E-state index contributed by atoms with van der Waals surface area (Å²) in [5, 5.41) is 11.9. The Morgan fingerprint density at radius 1 is 0.643 bits per heavy atom. The number of aryl methyl sites for hydroxylation is 1. The molecular weight excluding hydrogens is 544 g/mol. The van der Waals surface area contributed by atoms with E-state index < -0.39 is 17.7 Å². The molecule has 1 aromatic rings. The molecule has 0 aromatic heterocycles. The molecule has 0 unspecified atom stereocenters. The molecule has 13 heteroatoms. The highest BCUT2D eigenvalue weighted by molar-refractivity contribution is 6.12. The average Bonchev–Trinajstić information content (AvgIpc) is 3.30. The first-order valence-corrected chi connectivity index (χ1v) is 14.0. The molecule has 42 heavy (non-hydrogen) atoms. The van der Waals surface area contributed by atoms with Crippen molar-refractivity contribution in [1.29, 1.82) is 0 Å². The number of amides is 7. The highest BCUT2D eigenvalue weighted by Crippen LogP contribution is 2.07. The number of unbranched alkanes of at least 4 members (excludes halogenated alkanes) is 2. The standard InChI is InChI=1S/C20H30N6O7.C7H8.C2H6.5H2/c1-2-21-15(28)10-23-17(30)12-25-18(31)13-24-16(29)11-22-14(27)6-4-3-5-9-26-19(32)7-8-20(26)33;1-7-5-3-2-4-6-7;1-2;;;;;/h7-8H,2-6,9-13H2,1H3,(H,21,28)(H,22,27)(H,23,30)(H,24,29)(H,25,31);2-6H,1H3;1-2H3;5*1H. The first-order valence-electron chi connectivity index (χ1n) is 14.0. The van der Waals surface area contributed by atoms with Crippen LogP contribution in [0.25, 0.3) is 0 Å². The van der Waals surface area contributed by atoms with Crippen LogP contribution in [0.2, 0.25) is 0 Å². The molecule has 0 saturated carbocycles. The van der Waals surface area contributed by atoms with Crippen LogP contribution < -0.4 is 26.6 Å². The van der Waals surface area contributed by atoms with Gasteiger partial charge in [-0.25, -0.2) is 0 Å². The largest absolute Gasteiger partial charge is 0.355 e. The lowest BCUT2D eigenvalue weighted by molar-refractivity contribution is -0.137. The Labute approximate surface area is 254 Å². The first kappa shape index (κ1) is 37.5. The van der Waals surface area contributed by atoms with Crippen molar-refractivity contribution in [2.75, 3.05) is 39.3 Å². The Hall–Kier alpha value is -4.55. The molecule has 2 rings (SSSR count). The van der Waals surface area contributed by atoms with E-state index in [-0.39, 0.29) is 63.4 Å². The predicted octanol–water partition coefficient (Wildman–Crippen LogP) is 1.32. The van der Waals surface area contributed by atoms with E-state index in [0.717, 1.165) is 4.90 Å². The van der Waals surface area contributed by atoms with Crippen molar-refractivity contribution in [3.05, 3.63) is 48.0 Å². The molecule has 0 atom stereocenters. The minimum atomic E-state index is -0.604. The molecule has 0 aliphatic carbocycles. The van der Waals surface area contributed by atoms with Crippen LogP contribution in [0.4, 0.5) is 0 Å². The highest BCUT2D eigenvalue weighted by atomic mass is 16.2. The maximum atomic E-state index is 11.8. The second kappa shape index (κ2) is 23.2. The van der Waals surface area contributed by atoms with E-state index >= 15 is 0 Å². The quantitative estimate of drug-likeness (QED) is 0.149. The number of rotatable bonds is 15. The molecule has 0 fully saturated rings. The van der Waals surface area contributed by atoms with Crippen LogP contribution in [0.3, 0.4) is 0 Å². The number of hydrogen-bond donors (Lipinski definition) is 5. The van der Waals surface area contributed by atoms with Gasteiger partial charge in [-0.05, 0) is 26.7 Å². The van der Waals surface area contributed by atoms with Gasteiger partial charge in [-0.1, -0.05) is 56.2 Å². The number of hydrogen-bond acceptors (Lipinski definition) is 7. The zero-order valence-corrected chi connectivity index (χ0v) is 24.9. The number of nitrogens with zero attached hydrogens (tertiary/aromatic N) is 1. The third-order valence-corrected chi connectivity index (χ3v) is 5.28. The van der Waals surface area contributed by atoms with Crippen molar-refractivity contribution < 1.29 is 40.7 Å². The molecule has 1 aromatic carbocycles. The number of carbonyl (C=O) groups is 7. The molecule has 1 aliphatic rings. The van der Waals surface area contributed by atoms with E-state index in [4.69, 9.17) is 0 Å². The first-order chi connectivity index (χ1) is 20.1. The SMILES string of the molecule is CC.CCNC(=O)CNC(=O)CNC(=O)CNC(=O)CNC(=O)CCCCCN1C(=O)C=CC1=O.Cc1ccccc1.[HH].[HH].[HH].[HH].[HH]. The van der Waals surface area contributed by atoms with Gasteiger partial charge in [0.1, 0.15) is 0 Å². The van der Waals surface area contributed by atoms with Crippen molar-refractivity contribution in [2.45, 2.75) is 53.4 Å². The van der Waals surface area contributed by atoms with Crippen molar-refractivity contribution in [2.24, 2.45) is 0 Å². The Bertz CT molecular complexity index is 1060. The van der Waals surface area contributed by atoms with E-state index in [1.54, 1.807) is 6.92 Å². The summed E-state index contributed by atoms with van der Waals surface area (Å²) in [4.78, 5) is 81.8. The summed E-state index contributed by atoms with van der Waals surface area (Å²) in [5.74, 6) is -3.09. The second-order valence-electron chi connectivity index (χ2n) is 8.69. The van der Waals surface area contributed by atoms with Crippen LogP contribution in [0, 0.1) is 6.92 Å². The fraction of sp³-hybridized carbons (Fsp3) is 0.483. The summed E-state index contributed by atoms with van der Waals surface area (Å²) in [6.07, 6.45) is 4.36. The Balaban J connectivity index is -0.000000262. The van der Waals surface area contributed by atoms with Crippen LogP contribution in [0.1, 0.15) is 59.2 Å². The number of imide groups is 1. The monoisotopic (exact) mass is 598 g/mol. The zero-order chi connectivity index (χ0) is 31.8. The topological polar surface area (TPSA) is 183 Å². The lowest BCUT2D eigenvalue weighted by Gasteiger charge is -2.13. The summed E-state index contributed by atoms with van der Waals surface area (Å²) in [7, 11) is 0. The zero-order valence-electron chi connectivity index (χ0n) is 24.9. The number of nitrogens with one attached hydrogen (secondary N) is 5. The highest BCUT2D eigenvalue weighted by Gasteiger charge is 2.22. The predicted molar refractivity (Wildman–Crippen MR) is 168 cm³/mol. The molecule has 0 spiro atoms. The van der Waals surface area contributed by atoms with Gasteiger partial charge in [-0.2, -0.15) is 0 Å². The van der Waals surface area contributed by atoms with Gasteiger partial charge in [0, 0.05) is 38.8 Å². The molecule has 1 heterocycles. The Morgan fingerprint density at radius 3 is 1.48 bits per heavy atom.